The molecule has 0 N–H and O–H groups in total. The van der Waals surface area contributed by atoms with Gasteiger partial charge in [-0.1, -0.05) is 31.2 Å². The molecule has 0 fully saturated rings. The Hall–Kier alpha value is -2.12. The minimum absolute atomic E-state index is 0.327. The summed E-state index contributed by atoms with van der Waals surface area (Å²) in [4.78, 5) is 2.51. The SMILES string of the molecule is C=C(C)CN(CC)Cn1nc([C@H]2COc3ccccc3O2)oc1=S. The molecule has 0 radical (unpaired) electrons. The van der Waals surface area contributed by atoms with E-state index < -0.39 is 6.10 Å². The van der Waals surface area contributed by atoms with Crippen molar-refractivity contribution in [2.75, 3.05) is 19.7 Å². The Balaban J connectivity index is 1.75. The van der Waals surface area contributed by atoms with Crippen molar-refractivity contribution in [3.05, 3.63) is 47.1 Å². The van der Waals surface area contributed by atoms with E-state index in [0.717, 1.165) is 24.4 Å². The zero-order valence-corrected chi connectivity index (χ0v) is 14.7. The Kier molecular flexibility index (Phi) is 5.01. The number of hydrogen-bond acceptors (Lipinski definition) is 6. The molecule has 0 amide bonds. The summed E-state index contributed by atoms with van der Waals surface area (Å²) in [6.07, 6.45) is -0.404. The van der Waals surface area contributed by atoms with Gasteiger partial charge in [-0.3, -0.25) is 4.90 Å². The first-order chi connectivity index (χ1) is 11.6. The Bertz CT molecular complexity index is 783. The van der Waals surface area contributed by atoms with E-state index in [-0.39, 0.29) is 0 Å². The van der Waals surface area contributed by atoms with Crippen LogP contribution in [-0.2, 0) is 6.67 Å². The Labute approximate surface area is 146 Å². The molecule has 0 unspecified atom stereocenters. The van der Waals surface area contributed by atoms with Crippen LogP contribution in [0, 0.1) is 4.84 Å². The maximum Gasteiger partial charge on any atom is 0.288 e. The average Bonchev–Trinajstić information content (AvgIpc) is 2.94. The van der Waals surface area contributed by atoms with Gasteiger partial charge in [0, 0.05) is 6.54 Å². The molecule has 0 saturated heterocycles. The molecule has 1 aromatic carbocycles. The summed E-state index contributed by atoms with van der Waals surface area (Å²) < 4.78 is 18.9. The minimum atomic E-state index is -0.404. The third-order valence-electron chi connectivity index (χ3n) is 3.68. The molecule has 6 nitrogen and oxygen atoms in total. The maximum atomic E-state index is 5.91. The lowest BCUT2D eigenvalue weighted by Crippen LogP contribution is -2.28. The number of hydrogen-bond donors (Lipinski definition) is 0. The first kappa shape index (κ1) is 16.7. The van der Waals surface area contributed by atoms with Crippen molar-refractivity contribution >= 4 is 12.2 Å². The number of fused-ring (bicyclic) bond motifs is 1. The quantitative estimate of drug-likeness (QED) is 0.588. The van der Waals surface area contributed by atoms with Crippen LogP contribution in [-0.4, -0.2) is 34.4 Å². The highest BCUT2D eigenvalue weighted by Crippen LogP contribution is 2.35. The fourth-order valence-electron chi connectivity index (χ4n) is 2.52. The molecular weight excluding hydrogens is 326 g/mol. The van der Waals surface area contributed by atoms with Crippen LogP contribution >= 0.6 is 12.2 Å². The van der Waals surface area contributed by atoms with E-state index in [2.05, 4.69) is 23.5 Å². The lowest BCUT2D eigenvalue weighted by molar-refractivity contribution is 0.0706. The van der Waals surface area contributed by atoms with Crippen LogP contribution in [0.1, 0.15) is 25.8 Å². The molecule has 7 heteroatoms. The van der Waals surface area contributed by atoms with Crippen molar-refractivity contribution in [1.29, 1.82) is 0 Å². The normalized spacial score (nSPS) is 16.4. The van der Waals surface area contributed by atoms with Gasteiger partial charge in [0.25, 0.3) is 10.7 Å². The second-order valence-corrected chi connectivity index (χ2v) is 6.16. The Morgan fingerprint density at radius 3 is 2.88 bits per heavy atom. The van der Waals surface area contributed by atoms with Gasteiger partial charge in [-0.05, 0) is 37.8 Å². The Morgan fingerprint density at radius 2 is 2.17 bits per heavy atom. The second-order valence-electron chi connectivity index (χ2n) is 5.81. The number of benzene rings is 1. The van der Waals surface area contributed by atoms with Crippen molar-refractivity contribution in [2.45, 2.75) is 26.6 Å². The van der Waals surface area contributed by atoms with Crippen molar-refractivity contribution in [3.8, 4) is 11.5 Å². The maximum absolute atomic E-state index is 5.91. The molecule has 0 aliphatic carbocycles. The van der Waals surface area contributed by atoms with Gasteiger partial charge in [-0.2, -0.15) is 0 Å². The highest BCUT2D eigenvalue weighted by Gasteiger charge is 2.27. The molecular formula is C17H21N3O3S. The lowest BCUT2D eigenvalue weighted by atomic mass is 10.2. The van der Waals surface area contributed by atoms with E-state index in [4.69, 9.17) is 26.1 Å². The summed E-state index contributed by atoms with van der Waals surface area (Å²) in [6.45, 7) is 10.6. The number of likely N-dealkylation sites (N-methyl/N-ethyl adjacent to an activating group) is 1. The molecule has 0 spiro atoms. The van der Waals surface area contributed by atoms with Crippen molar-refractivity contribution in [1.82, 2.24) is 14.7 Å². The fraction of sp³-hybridized carbons (Fsp3) is 0.412. The van der Waals surface area contributed by atoms with E-state index in [0.29, 0.717) is 29.8 Å². The predicted octanol–water partition coefficient (Wildman–Crippen LogP) is 3.57. The van der Waals surface area contributed by atoms with Gasteiger partial charge in [0.1, 0.15) is 6.61 Å². The monoisotopic (exact) mass is 347 g/mol. The van der Waals surface area contributed by atoms with Crippen LogP contribution < -0.4 is 9.47 Å². The van der Waals surface area contributed by atoms with Crippen molar-refractivity contribution < 1.29 is 13.9 Å². The molecule has 128 valence electrons. The van der Waals surface area contributed by atoms with E-state index in [9.17, 15) is 0 Å². The highest BCUT2D eigenvalue weighted by atomic mass is 32.1. The Morgan fingerprint density at radius 1 is 1.42 bits per heavy atom. The van der Waals surface area contributed by atoms with Gasteiger partial charge in [0.05, 0.1) is 6.67 Å². The molecule has 1 aliphatic heterocycles. The van der Waals surface area contributed by atoms with E-state index in [1.54, 1.807) is 4.68 Å². The zero-order valence-electron chi connectivity index (χ0n) is 13.9. The number of para-hydroxylation sites is 2. The molecule has 3 rings (SSSR count). The molecule has 24 heavy (non-hydrogen) atoms. The minimum Gasteiger partial charge on any atom is -0.485 e. The van der Waals surface area contributed by atoms with Gasteiger partial charge in [0.15, 0.2) is 11.5 Å². The van der Waals surface area contributed by atoms with E-state index >= 15 is 0 Å². The largest absolute Gasteiger partial charge is 0.485 e. The van der Waals surface area contributed by atoms with Crippen molar-refractivity contribution in [3.63, 3.8) is 0 Å². The number of aromatic nitrogens is 2. The molecule has 2 heterocycles. The topological polar surface area (TPSA) is 52.7 Å². The van der Waals surface area contributed by atoms with Crippen LogP contribution in [0.4, 0.5) is 0 Å². The average molecular weight is 347 g/mol. The van der Waals surface area contributed by atoms with Gasteiger partial charge in [-0.25, -0.2) is 4.68 Å². The zero-order chi connectivity index (χ0) is 17.1. The van der Waals surface area contributed by atoms with Crippen LogP contribution in [0.25, 0.3) is 0 Å². The van der Waals surface area contributed by atoms with Gasteiger partial charge < -0.3 is 13.9 Å². The first-order valence-corrected chi connectivity index (χ1v) is 8.30. The summed E-state index contributed by atoms with van der Waals surface area (Å²) in [7, 11) is 0. The number of rotatable bonds is 6. The summed E-state index contributed by atoms with van der Waals surface area (Å²) in [5, 5.41) is 4.47. The molecule has 2 aromatic rings. The van der Waals surface area contributed by atoms with Gasteiger partial charge >= 0.3 is 0 Å². The third kappa shape index (κ3) is 3.68. The molecule has 0 bridgehead atoms. The van der Waals surface area contributed by atoms with E-state index in [1.165, 1.54) is 0 Å². The van der Waals surface area contributed by atoms with Crippen molar-refractivity contribution in [2.24, 2.45) is 0 Å². The van der Waals surface area contributed by atoms with Gasteiger partial charge in [-0.15, -0.1) is 5.10 Å². The van der Waals surface area contributed by atoms with Crippen LogP contribution in [0.15, 0.2) is 40.8 Å². The molecule has 1 aliphatic rings. The molecule has 1 aromatic heterocycles. The third-order valence-corrected chi connectivity index (χ3v) is 3.97. The lowest BCUT2D eigenvalue weighted by Gasteiger charge is -2.24. The van der Waals surface area contributed by atoms with Crippen LogP contribution in [0.2, 0.25) is 0 Å². The molecule has 0 saturated carbocycles. The highest BCUT2D eigenvalue weighted by molar-refractivity contribution is 7.71. The number of ether oxygens (including phenoxy) is 2. The number of nitrogens with zero attached hydrogens (tertiary/aromatic N) is 3. The summed E-state index contributed by atoms with van der Waals surface area (Å²) in [5.74, 6) is 1.84. The van der Waals surface area contributed by atoms with Gasteiger partial charge in [0.2, 0.25) is 6.10 Å². The van der Waals surface area contributed by atoms with E-state index in [1.807, 2.05) is 31.2 Å². The van der Waals surface area contributed by atoms with Crippen LogP contribution in [0.5, 0.6) is 11.5 Å². The van der Waals surface area contributed by atoms with Crippen LogP contribution in [0.3, 0.4) is 0 Å². The second kappa shape index (κ2) is 7.19. The first-order valence-electron chi connectivity index (χ1n) is 7.90. The summed E-state index contributed by atoms with van der Waals surface area (Å²) in [6, 6.07) is 7.54. The smallest absolute Gasteiger partial charge is 0.288 e. The summed E-state index contributed by atoms with van der Waals surface area (Å²) >= 11 is 5.29. The summed E-state index contributed by atoms with van der Waals surface area (Å²) in [5.41, 5.74) is 1.09. The fourth-order valence-corrected chi connectivity index (χ4v) is 2.70. The predicted molar refractivity (Wildman–Crippen MR) is 92.7 cm³/mol. The standard InChI is InChI=1S/C17H21N3O3S/c1-4-19(9-12(2)3)11-20-17(24)23-16(18-20)15-10-21-13-7-5-6-8-14(13)22-15/h5-8,15H,2,4,9-11H2,1,3H3/t15-/m1/s1. The molecule has 1 atom stereocenters.